The standard InChI is InChI=1S/C16H25N3S2/c1-6-13-14(10-17-16(2,3)4)21-15(18-13)19(5)11-12-8-7-9-20-12/h7-9,17H,6,10-11H2,1-5H3. The summed E-state index contributed by atoms with van der Waals surface area (Å²) >= 11 is 3.61. The number of aromatic nitrogens is 1. The molecule has 2 rings (SSSR count). The smallest absolute Gasteiger partial charge is 0.185 e. The van der Waals surface area contributed by atoms with Crippen LogP contribution in [0.3, 0.4) is 0 Å². The third-order valence-electron chi connectivity index (χ3n) is 3.18. The van der Waals surface area contributed by atoms with Crippen molar-refractivity contribution in [2.24, 2.45) is 0 Å². The summed E-state index contributed by atoms with van der Waals surface area (Å²) < 4.78 is 0. The second-order valence-electron chi connectivity index (χ2n) is 6.26. The molecule has 0 amide bonds. The van der Waals surface area contributed by atoms with Crippen molar-refractivity contribution in [1.29, 1.82) is 0 Å². The molecule has 0 saturated heterocycles. The maximum Gasteiger partial charge on any atom is 0.185 e. The largest absolute Gasteiger partial charge is 0.346 e. The molecule has 0 aliphatic rings. The highest BCUT2D eigenvalue weighted by Gasteiger charge is 2.16. The molecule has 0 unspecified atom stereocenters. The van der Waals surface area contributed by atoms with Gasteiger partial charge in [0, 0.05) is 28.9 Å². The monoisotopic (exact) mass is 323 g/mol. The Bertz CT molecular complexity index is 553. The van der Waals surface area contributed by atoms with E-state index < -0.39 is 0 Å². The van der Waals surface area contributed by atoms with Gasteiger partial charge in [-0.1, -0.05) is 13.0 Å². The van der Waals surface area contributed by atoms with Crippen LogP contribution in [0.25, 0.3) is 0 Å². The highest BCUT2D eigenvalue weighted by Crippen LogP contribution is 2.28. The van der Waals surface area contributed by atoms with E-state index in [1.54, 1.807) is 11.3 Å². The van der Waals surface area contributed by atoms with Gasteiger partial charge in [-0.05, 0) is 38.6 Å². The summed E-state index contributed by atoms with van der Waals surface area (Å²) in [6.07, 6.45) is 0.991. The zero-order chi connectivity index (χ0) is 15.5. The van der Waals surface area contributed by atoms with E-state index in [9.17, 15) is 0 Å². The summed E-state index contributed by atoms with van der Waals surface area (Å²) in [4.78, 5) is 9.80. The van der Waals surface area contributed by atoms with Crippen LogP contribution in [-0.2, 0) is 19.5 Å². The number of nitrogens with zero attached hydrogens (tertiary/aromatic N) is 2. The minimum atomic E-state index is 0.137. The van der Waals surface area contributed by atoms with Crippen LogP contribution >= 0.6 is 22.7 Å². The Morgan fingerprint density at radius 1 is 1.33 bits per heavy atom. The van der Waals surface area contributed by atoms with E-state index in [2.05, 4.69) is 62.5 Å². The van der Waals surface area contributed by atoms with Gasteiger partial charge in [-0.3, -0.25) is 0 Å². The van der Waals surface area contributed by atoms with Gasteiger partial charge < -0.3 is 10.2 Å². The van der Waals surface area contributed by atoms with Gasteiger partial charge in [0.15, 0.2) is 5.13 Å². The molecule has 0 radical (unpaired) electrons. The number of anilines is 1. The molecule has 0 aliphatic carbocycles. The van der Waals surface area contributed by atoms with Crippen LogP contribution in [0.4, 0.5) is 5.13 Å². The molecule has 0 saturated carbocycles. The molecule has 0 fully saturated rings. The molecule has 5 heteroatoms. The Morgan fingerprint density at radius 2 is 2.10 bits per heavy atom. The fourth-order valence-corrected chi connectivity index (χ4v) is 3.80. The Hall–Kier alpha value is -0.910. The maximum atomic E-state index is 4.82. The van der Waals surface area contributed by atoms with E-state index >= 15 is 0 Å². The highest BCUT2D eigenvalue weighted by atomic mass is 32.1. The van der Waals surface area contributed by atoms with Crippen molar-refractivity contribution < 1.29 is 0 Å². The van der Waals surface area contributed by atoms with Crippen LogP contribution in [-0.4, -0.2) is 17.6 Å². The van der Waals surface area contributed by atoms with E-state index in [1.807, 2.05) is 11.3 Å². The van der Waals surface area contributed by atoms with Crippen LogP contribution < -0.4 is 10.2 Å². The molecule has 0 atom stereocenters. The van der Waals surface area contributed by atoms with Crippen molar-refractivity contribution in [1.82, 2.24) is 10.3 Å². The lowest BCUT2D eigenvalue weighted by molar-refractivity contribution is 0.425. The van der Waals surface area contributed by atoms with E-state index in [-0.39, 0.29) is 5.54 Å². The van der Waals surface area contributed by atoms with Crippen molar-refractivity contribution in [2.45, 2.75) is 52.7 Å². The highest BCUT2D eigenvalue weighted by molar-refractivity contribution is 7.15. The third-order valence-corrected chi connectivity index (χ3v) is 5.25. The van der Waals surface area contributed by atoms with Crippen LogP contribution in [0.1, 0.15) is 43.1 Å². The lowest BCUT2D eigenvalue weighted by atomic mass is 10.1. The lowest BCUT2D eigenvalue weighted by Gasteiger charge is -2.20. The van der Waals surface area contributed by atoms with Gasteiger partial charge in [0.2, 0.25) is 0 Å². The maximum absolute atomic E-state index is 4.82. The minimum absolute atomic E-state index is 0.137. The summed E-state index contributed by atoms with van der Waals surface area (Å²) in [6, 6.07) is 4.28. The van der Waals surface area contributed by atoms with E-state index in [0.29, 0.717) is 0 Å². The molecule has 2 aromatic rings. The molecule has 2 aromatic heterocycles. The van der Waals surface area contributed by atoms with Crippen molar-refractivity contribution in [2.75, 3.05) is 11.9 Å². The number of rotatable bonds is 6. The van der Waals surface area contributed by atoms with Gasteiger partial charge >= 0.3 is 0 Å². The van der Waals surface area contributed by atoms with Gasteiger partial charge in [-0.25, -0.2) is 4.98 Å². The zero-order valence-electron chi connectivity index (χ0n) is 13.6. The second-order valence-corrected chi connectivity index (χ2v) is 8.35. The molecule has 116 valence electrons. The molecule has 0 aliphatic heterocycles. The van der Waals surface area contributed by atoms with Crippen molar-refractivity contribution in [3.8, 4) is 0 Å². The molecule has 0 bridgehead atoms. The van der Waals surface area contributed by atoms with Crippen molar-refractivity contribution in [3.63, 3.8) is 0 Å². The molecule has 1 N–H and O–H groups in total. The number of aryl methyl sites for hydroxylation is 1. The van der Waals surface area contributed by atoms with E-state index in [4.69, 9.17) is 4.98 Å². The number of nitrogens with one attached hydrogen (secondary N) is 1. The molecule has 3 nitrogen and oxygen atoms in total. The van der Waals surface area contributed by atoms with Crippen LogP contribution in [0.5, 0.6) is 0 Å². The first-order valence-electron chi connectivity index (χ1n) is 7.36. The normalized spacial score (nSPS) is 11.9. The Kier molecular flexibility index (Phi) is 5.41. The van der Waals surface area contributed by atoms with Gasteiger partial charge in [0.05, 0.1) is 12.2 Å². The SMILES string of the molecule is CCc1nc(N(C)Cc2cccs2)sc1CNC(C)(C)C. The average molecular weight is 324 g/mol. The molecule has 0 spiro atoms. The first-order valence-corrected chi connectivity index (χ1v) is 9.06. The third kappa shape index (κ3) is 4.80. The van der Waals surface area contributed by atoms with Gasteiger partial charge in [-0.15, -0.1) is 22.7 Å². The average Bonchev–Trinajstić information content (AvgIpc) is 3.03. The number of hydrogen-bond donors (Lipinski definition) is 1. The first-order chi connectivity index (χ1) is 9.89. The fraction of sp³-hybridized carbons (Fsp3) is 0.562. The van der Waals surface area contributed by atoms with Gasteiger partial charge in [-0.2, -0.15) is 0 Å². The zero-order valence-corrected chi connectivity index (χ0v) is 15.2. The van der Waals surface area contributed by atoms with Crippen LogP contribution in [0.15, 0.2) is 17.5 Å². The van der Waals surface area contributed by atoms with E-state index in [0.717, 1.165) is 24.6 Å². The Morgan fingerprint density at radius 3 is 2.67 bits per heavy atom. The molecular weight excluding hydrogens is 298 g/mol. The number of thiazole rings is 1. The summed E-state index contributed by atoms with van der Waals surface area (Å²) in [5, 5.41) is 6.81. The number of thiophene rings is 1. The lowest BCUT2D eigenvalue weighted by Crippen LogP contribution is -2.35. The van der Waals surface area contributed by atoms with Crippen LogP contribution in [0, 0.1) is 0 Å². The van der Waals surface area contributed by atoms with Crippen molar-refractivity contribution >= 4 is 27.8 Å². The molecule has 2 heterocycles. The molecule has 0 aromatic carbocycles. The fourth-order valence-electron chi connectivity index (χ4n) is 2.00. The second kappa shape index (κ2) is 6.90. The van der Waals surface area contributed by atoms with Gasteiger partial charge in [0.25, 0.3) is 0 Å². The van der Waals surface area contributed by atoms with Gasteiger partial charge in [0.1, 0.15) is 0 Å². The Balaban J connectivity index is 2.08. The molecular formula is C16H25N3S2. The number of hydrogen-bond acceptors (Lipinski definition) is 5. The summed E-state index contributed by atoms with van der Waals surface area (Å²) in [6.45, 7) is 10.6. The van der Waals surface area contributed by atoms with E-state index in [1.165, 1.54) is 15.4 Å². The summed E-state index contributed by atoms with van der Waals surface area (Å²) in [5.41, 5.74) is 1.36. The predicted octanol–water partition coefficient (Wildman–Crippen LogP) is 4.29. The Labute approximate surface area is 136 Å². The molecule has 21 heavy (non-hydrogen) atoms. The quantitative estimate of drug-likeness (QED) is 0.859. The predicted molar refractivity (Wildman–Crippen MR) is 94.5 cm³/mol. The summed E-state index contributed by atoms with van der Waals surface area (Å²) in [5.74, 6) is 0. The van der Waals surface area contributed by atoms with Crippen LogP contribution in [0.2, 0.25) is 0 Å². The first kappa shape index (κ1) is 16.5. The topological polar surface area (TPSA) is 28.2 Å². The summed E-state index contributed by atoms with van der Waals surface area (Å²) in [7, 11) is 2.12. The van der Waals surface area contributed by atoms with Crippen molar-refractivity contribution in [3.05, 3.63) is 33.0 Å². The minimum Gasteiger partial charge on any atom is -0.346 e.